The average molecular weight is 360 g/mol. The van der Waals surface area contributed by atoms with Crippen molar-refractivity contribution in [3.63, 3.8) is 0 Å². The first-order chi connectivity index (χ1) is 12.4. The lowest BCUT2D eigenvalue weighted by atomic mass is 10.0. The van der Waals surface area contributed by atoms with E-state index in [1.54, 1.807) is 14.0 Å². The van der Waals surface area contributed by atoms with Gasteiger partial charge in [0.25, 0.3) is 6.43 Å². The minimum Gasteiger partial charge on any atom is -0.497 e. The highest BCUT2D eigenvalue weighted by Gasteiger charge is 2.20. The van der Waals surface area contributed by atoms with Crippen LogP contribution in [0.3, 0.4) is 0 Å². The molecule has 1 heterocycles. The van der Waals surface area contributed by atoms with E-state index in [2.05, 4.69) is 10.3 Å². The van der Waals surface area contributed by atoms with Gasteiger partial charge in [0.1, 0.15) is 11.6 Å². The summed E-state index contributed by atoms with van der Waals surface area (Å²) in [7, 11) is 1.58. The second-order valence-corrected chi connectivity index (χ2v) is 6.11. The molecule has 3 nitrogen and oxygen atoms in total. The Bertz CT molecular complexity index is 944. The van der Waals surface area contributed by atoms with Crippen LogP contribution in [0.4, 0.5) is 18.9 Å². The lowest BCUT2D eigenvalue weighted by Gasteiger charge is -2.19. The van der Waals surface area contributed by atoms with E-state index in [1.807, 2.05) is 31.2 Å². The van der Waals surface area contributed by atoms with Crippen LogP contribution in [0.2, 0.25) is 0 Å². The summed E-state index contributed by atoms with van der Waals surface area (Å²) in [5.41, 5.74) is 1.88. The molecule has 6 heteroatoms. The van der Waals surface area contributed by atoms with Crippen molar-refractivity contribution in [3.8, 4) is 5.75 Å². The maximum absolute atomic E-state index is 14.4. The highest BCUT2D eigenvalue weighted by molar-refractivity contribution is 5.92. The van der Waals surface area contributed by atoms with Crippen molar-refractivity contribution in [1.82, 2.24) is 4.98 Å². The normalized spacial score (nSPS) is 12.4. The van der Waals surface area contributed by atoms with Crippen LogP contribution in [0, 0.1) is 12.7 Å². The summed E-state index contributed by atoms with van der Waals surface area (Å²) in [5.74, 6) is -0.190. The van der Waals surface area contributed by atoms with Crippen molar-refractivity contribution in [2.45, 2.75) is 26.3 Å². The smallest absolute Gasteiger partial charge is 0.266 e. The van der Waals surface area contributed by atoms with Crippen molar-refractivity contribution in [2.24, 2.45) is 0 Å². The van der Waals surface area contributed by atoms with Crippen LogP contribution in [0.15, 0.2) is 42.5 Å². The molecule has 136 valence electrons. The summed E-state index contributed by atoms with van der Waals surface area (Å²) in [4.78, 5) is 4.49. The molecule has 0 saturated heterocycles. The molecule has 0 bridgehead atoms. The summed E-state index contributed by atoms with van der Waals surface area (Å²) in [6.07, 6.45) is -2.85. The number of alkyl halides is 2. The van der Waals surface area contributed by atoms with Crippen LogP contribution in [0.25, 0.3) is 10.9 Å². The van der Waals surface area contributed by atoms with Gasteiger partial charge in [-0.25, -0.2) is 13.2 Å². The zero-order valence-corrected chi connectivity index (χ0v) is 14.7. The number of aryl methyl sites for hydroxylation is 1. The fourth-order valence-corrected chi connectivity index (χ4v) is 2.97. The summed E-state index contributed by atoms with van der Waals surface area (Å²) in [6.45, 7) is 3.59. The molecule has 0 spiro atoms. The van der Waals surface area contributed by atoms with E-state index in [4.69, 9.17) is 4.74 Å². The Hall–Kier alpha value is -2.76. The first kappa shape index (κ1) is 18.0. The lowest BCUT2D eigenvalue weighted by Crippen LogP contribution is -2.11. The number of fused-ring (bicyclic) bond motifs is 1. The SMILES string of the molecule is COc1ccc2c(NC(C)c3cccc(C(F)F)c3F)cc(C)nc2c1. The standard InChI is InChI=1S/C20H19F3N2O/c1-11-9-17(15-8-7-13(26-3)10-18(15)24-11)25-12(2)14-5-4-6-16(19(14)21)20(22)23/h4-10,12,20H,1-3H3,(H,24,25). The maximum Gasteiger partial charge on any atom is 0.266 e. The third-order valence-corrected chi connectivity index (χ3v) is 4.28. The van der Waals surface area contributed by atoms with E-state index in [-0.39, 0.29) is 5.56 Å². The number of hydrogen-bond acceptors (Lipinski definition) is 3. The summed E-state index contributed by atoms with van der Waals surface area (Å²) >= 11 is 0. The topological polar surface area (TPSA) is 34.1 Å². The molecule has 3 aromatic rings. The predicted octanol–water partition coefficient (Wildman–Crippen LogP) is 5.80. The van der Waals surface area contributed by atoms with Crippen LogP contribution in [-0.2, 0) is 0 Å². The van der Waals surface area contributed by atoms with Crippen LogP contribution in [0.5, 0.6) is 5.75 Å². The molecule has 1 unspecified atom stereocenters. The molecular weight excluding hydrogens is 341 g/mol. The zero-order chi connectivity index (χ0) is 18.8. The van der Waals surface area contributed by atoms with Crippen molar-refractivity contribution >= 4 is 16.6 Å². The number of aromatic nitrogens is 1. The average Bonchev–Trinajstić information content (AvgIpc) is 2.60. The van der Waals surface area contributed by atoms with Crippen molar-refractivity contribution < 1.29 is 17.9 Å². The summed E-state index contributed by atoms with van der Waals surface area (Å²) < 4.78 is 45.5. The van der Waals surface area contributed by atoms with Crippen LogP contribution in [0.1, 0.15) is 36.2 Å². The Balaban J connectivity index is 2.00. The lowest BCUT2D eigenvalue weighted by molar-refractivity contribution is 0.146. The minimum atomic E-state index is -2.85. The van der Waals surface area contributed by atoms with Crippen molar-refractivity contribution in [3.05, 3.63) is 65.1 Å². The summed E-state index contributed by atoms with van der Waals surface area (Å²) in [6, 6.07) is 10.9. The van der Waals surface area contributed by atoms with Gasteiger partial charge >= 0.3 is 0 Å². The third kappa shape index (κ3) is 3.45. The van der Waals surface area contributed by atoms with E-state index in [0.717, 1.165) is 28.4 Å². The summed E-state index contributed by atoms with van der Waals surface area (Å²) in [5, 5.41) is 4.06. The van der Waals surface area contributed by atoms with Gasteiger partial charge in [-0.15, -0.1) is 0 Å². The van der Waals surface area contributed by atoms with Gasteiger partial charge in [-0.2, -0.15) is 0 Å². The first-order valence-electron chi connectivity index (χ1n) is 8.19. The van der Waals surface area contributed by atoms with E-state index in [1.165, 1.54) is 12.1 Å². The number of methoxy groups -OCH3 is 1. The Labute approximate surface area is 149 Å². The van der Waals surface area contributed by atoms with Crippen LogP contribution < -0.4 is 10.1 Å². The van der Waals surface area contributed by atoms with E-state index in [0.29, 0.717) is 5.75 Å². The monoisotopic (exact) mass is 360 g/mol. The van der Waals surface area contributed by atoms with Gasteiger partial charge in [-0.1, -0.05) is 18.2 Å². The van der Waals surface area contributed by atoms with Gasteiger partial charge < -0.3 is 10.1 Å². The number of hydrogen-bond donors (Lipinski definition) is 1. The number of ether oxygens (including phenoxy) is 1. The fraction of sp³-hybridized carbons (Fsp3) is 0.250. The van der Waals surface area contributed by atoms with E-state index in [9.17, 15) is 13.2 Å². The van der Waals surface area contributed by atoms with Gasteiger partial charge in [0, 0.05) is 28.4 Å². The molecule has 0 aliphatic carbocycles. The number of nitrogens with one attached hydrogen (secondary N) is 1. The number of nitrogens with zero attached hydrogens (tertiary/aromatic N) is 1. The van der Waals surface area contributed by atoms with Gasteiger partial charge in [-0.3, -0.25) is 4.98 Å². The Morgan fingerprint density at radius 2 is 1.81 bits per heavy atom. The van der Waals surface area contributed by atoms with E-state index >= 15 is 0 Å². The largest absolute Gasteiger partial charge is 0.497 e. The molecule has 0 fully saturated rings. The minimum absolute atomic E-state index is 0.193. The Morgan fingerprint density at radius 3 is 2.50 bits per heavy atom. The zero-order valence-electron chi connectivity index (χ0n) is 14.7. The molecule has 3 rings (SSSR count). The Morgan fingerprint density at radius 1 is 1.08 bits per heavy atom. The quantitative estimate of drug-likeness (QED) is 0.624. The molecule has 0 amide bonds. The first-order valence-corrected chi connectivity index (χ1v) is 8.19. The molecule has 0 saturated carbocycles. The number of pyridine rings is 1. The molecule has 0 aliphatic rings. The number of rotatable bonds is 5. The van der Waals surface area contributed by atoms with Crippen molar-refractivity contribution in [2.75, 3.05) is 12.4 Å². The molecule has 0 aliphatic heterocycles. The molecule has 1 N–H and O–H groups in total. The van der Waals surface area contributed by atoms with Crippen LogP contribution >= 0.6 is 0 Å². The Kier molecular flexibility index (Phi) is 5.02. The maximum atomic E-state index is 14.4. The molecule has 26 heavy (non-hydrogen) atoms. The highest BCUT2D eigenvalue weighted by atomic mass is 19.3. The van der Waals surface area contributed by atoms with Crippen LogP contribution in [-0.4, -0.2) is 12.1 Å². The predicted molar refractivity (Wildman–Crippen MR) is 96.4 cm³/mol. The molecular formula is C20H19F3N2O. The number of halogens is 3. The number of anilines is 1. The third-order valence-electron chi connectivity index (χ3n) is 4.28. The fourth-order valence-electron chi connectivity index (χ4n) is 2.97. The number of benzene rings is 2. The highest BCUT2D eigenvalue weighted by Crippen LogP contribution is 2.32. The molecule has 1 atom stereocenters. The van der Waals surface area contributed by atoms with Gasteiger partial charge in [0.05, 0.1) is 24.2 Å². The molecule has 1 aromatic heterocycles. The molecule has 0 radical (unpaired) electrons. The molecule has 2 aromatic carbocycles. The van der Waals surface area contributed by atoms with E-state index < -0.39 is 23.8 Å². The second-order valence-electron chi connectivity index (χ2n) is 6.11. The van der Waals surface area contributed by atoms with Crippen molar-refractivity contribution in [1.29, 1.82) is 0 Å². The second kappa shape index (κ2) is 7.23. The van der Waals surface area contributed by atoms with Gasteiger partial charge in [0.2, 0.25) is 0 Å². The van der Waals surface area contributed by atoms with Gasteiger partial charge in [-0.05, 0) is 32.0 Å². The van der Waals surface area contributed by atoms with Gasteiger partial charge in [0.15, 0.2) is 0 Å².